The number of fused-ring (bicyclic) bond motifs is 2. The van der Waals surface area contributed by atoms with E-state index < -0.39 is 5.97 Å². The van der Waals surface area contributed by atoms with E-state index in [0.29, 0.717) is 11.3 Å². The van der Waals surface area contributed by atoms with Gasteiger partial charge in [0.25, 0.3) is 0 Å². The number of nitrogens with zero attached hydrogens (tertiary/aromatic N) is 1. The molecule has 31 heavy (non-hydrogen) atoms. The fourth-order valence-corrected chi connectivity index (χ4v) is 4.04. The number of carbonyl (C=O) groups excluding carboxylic acids is 2. The molecule has 0 saturated heterocycles. The summed E-state index contributed by atoms with van der Waals surface area (Å²) in [6, 6.07) is 14.6. The Bertz CT molecular complexity index is 1280. The van der Waals surface area contributed by atoms with Crippen LogP contribution in [0.1, 0.15) is 50.7 Å². The van der Waals surface area contributed by atoms with E-state index in [2.05, 4.69) is 4.98 Å². The van der Waals surface area contributed by atoms with Gasteiger partial charge in [-0.2, -0.15) is 0 Å². The Morgan fingerprint density at radius 2 is 2.00 bits per heavy atom. The van der Waals surface area contributed by atoms with E-state index in [9.17, 15) is 9.59 Å². The fourth-order valence-electron chi connectivity index (χ4n) is 4.04. The zero-order valence-electron chi connectivity index (χ0n) is 16.8. The number of carbonyl (C=O) groups is 2. The summed E-state index contributed by atoms with van der Waals surface area (Å²) in [6.07, 6.45) is 7.73. The van der Waals surface area contributed by atoms with Crippen LogP contribution in [0.5, 0.6) is 0 Å². The lowest BCUT2D eigenvalue weighted by Crippen LogP contribution is -2.18. The number of Topliss-reactive ketones (excluding diaryl/α,β-unsaturated/α-hetero) is 1. The molecule has 3 heterocycles. The maximum Gasteiger partial charge on any atom is 0.339 e. The molecule has 6 nitrogen and oxygen atoms in total. The maximum absolute atomic E-state index is 13.2. The molecule has 0 unspecified atom stereocenters. The van der Waals surface area contributed by atoms with Crippen molar-refractivity contribution in [2.45, 2.75) is 19.3 Å². The SMILES string of the molecule is O=C(COC(=O)c1c2c(nc3ccccc13)/C(=C/c1ccco1)CCC2)c1ccc[nH]1. The standard InChI is InChI=1S/C25H20N2O4/c28-22(21-11-4-12-26-21)15-31-25(29)23-18-8-1-2-10-20(18)27-24-16(6-3-9-19(23)24)14-17-7-5-13-30-17/h1-2,4-5,7-8,10-14,26H,3,6,9,15H2/b16-14+. The van der Waals surface area contributed by atoms with Crippen LogP contribution in [-0.4, -0.2) is 28.3 Å². The Morgan fingerprint density at radius 1 is 1.10 bits per heavy atom. The Labute approximate surface area is 178 Å². The highest BCUT2D eigenvalue weighted by Gasteiger charge is 2.26. The number of aromatic nitrogens is 2. The quantitative estimate of drug-likeness (QED) is 0.365. The van der Waals surface area contributed by atoms with Crippen LogP contribution in [-0.2, 0) is 11.2 Å². The molecule has 1 aliphatic carbocycles. The Hall–Kier alpha value is -3.93. The average Bonchev–Trinajstić information content (AvgIpc) is 3.50. The van der Waals surface area contributed by atoms with Crippen LogP contribution in [0.2, 0.25) is 0 Å². The minimum Gasteiger partial charge on any atom is -0.465 e. The molecule has 0 saturated carbocycles. The summed E-state index contributed by atoms with van der Waals surface area (Å²) in [4.78, 5) is 33.2. The molecule has 0 atom stereocenters. The number of hydrogen-bond acceptors (Lipinski definition) is 5. The van der Waals surface area contributed by atoms with Gasteiger partial charge in [-0.15, -0.1) is 0 Å². The molecule has 0 fully saturated rings. The summed E-state index contributed by atoms with van der Waals surface area (Å²) in [5.41, 5.74) is 4.31. The third kappa shape index (κ3) is 3.68. The number of H-pyrrole nitrogens is 1. The van der Waals surface area contributed by atoms with Gasteiger partial charge in [0.2, 0.25) is 5.78 Å². The normalized spacial score (nSPS) is 14.5. The van der Waals surface area contributed by atoms with Gasteiger partial charge in [-0.1, -0.05) is 18.2 Å². The highest BCUT2D eigenvalue weighted by Crippen LogP contribution is 2.36. The summed E-state index contributed by atoms with van der Waals surface area (Å²) >= 11 is 0. The van der Waals surface area contributed by atoms with Gasteiger partial charge in [0.1, 0.15) is 5.76 Å². The first kappa shape index (κ1) is 19.1. The number of pyridine rings is 1. The van der Waals surface area contributed by atoms with Gasteiger partial charge in [-0.3, -0.25) is 4.79 Å². The molecule has 0 amide bonds. The van der Waals surface area contributed by atoms with E-state index in [1.54, 1.807) is 24.6 Å². The predicted octanol–water partition coefficient (Wildman–Crippen LogP) is 5.07. The van der Waals surface area contributed by atoms with E-state index in [4.69, 9.17) is 14.1 Å². The summed E-state index contributed by atoms with van der Waals surface area (Å²) < 4.78 is 10.9. The lowest BCUT2D eigenvalue weighted by Gasteiger charge is -2.22. The van der Waals surface area contributed by atoms with E-state index in [1.165, 1.54) is 0 Å². The largest absolute Gasteiger partial charge is 0.465 e. The summed E-state index contributed by atoms with van der Waals surface area (Å²) in [6.45, 7) is -0.320. The van der Waals surface area contributed by atoms with Gasteiger partial charge >= 0.3 is 5.97 Å². The van der Waals surface area contributed by atoms with Crippen molar-refractivity contribution in [1.29, 1.82) is 0 Å². The van der Waals surface area contributed by atoms with Crippen molar-refractivity contribution in [3.05, 3.63) is 89.3 Å². The predicted molar refractivity (Wildman–Crippen MR) is 117 cm³/mol. The molecule has 4 aromatic rings. The molecular formula is C25H20N2O4. The highest BCUT2D eigenvalue weighted by atomic mass is 16.5. The van der Waals surface area contributed by atoms with Crippen LogP contribution in [0, 0.1) is 0 Å². The van der Waals surface area contributed by atoms with Crippen LogP contribution < -0.4 is 0 Å². The van der Waals surface area contributed by atoms with E-state index in [1.807, 2.05) is 42.5 Å². The minimum atomic E-state index is -0.506. The van der Waals surface area contributed by atoms with Crippen molar-refractivity contribution in [3.8, 4) is 0 Å². The molecule has 0 aliphatic heterocycles. The summed E-state index contributed by atoms with van der Waals surface area (Å²) in [5.74, 6) is -0.0310. The smallest absolute Gasteiger partial charge is 0.339 e. The second-order valence-electron chi connectivity index (χ2n) is 7.45. The van der Waals surface area contributed by atoms with Crippen molar-refractivity contribution in [3.63, 3.8) is 0 Å². The fraction of sp³-hybridized carbons (Fsp3) is 0.160. The van der Waals surface area contributed by atoms with Crippen LogP contribution in [0.25, 0.3) is 22.6 Å². The minimum absolute atomic E-state index is 0.274. The monoisotopic (exact) mass is 412 g/mol. The third-order valence-electron chi connectivity index (χ3n) is 5.47. The average molecular weight is 412 g/mol. The number of ketones is 1. The lowest BCUT2D eigenvalue weighted by molar-refractivity contribution is 0.0474. The molecule has 1 N–H and O–H groups in total. The number of nitrogens with one attached hydrogen (secondary N) is 1. The number of allylic oxidation sites excluding steroid dienone is 1. The van der Waals surface area contributed by atoms with Crippen molar-refractivity contribution >= 4 is 34.3 Å². The number of furan rings is 1. The molecule has 6 heteroatoms. The number of rotatable bonds is 5. The zero-order valence-corrected chi connectivity index (χ0v) is 16.8. The zero-order chi connectivity index (χ0) is 21.2. The van der Waals surface area contributed by atoms with Crippen LogP contribution in [0.4, 0.5) is 0 Å². The topological polar surface area (TPSA) is 85.2 Å². The molecular weight excluding hydrogens is 392 g/mol. The number of para-hydroxylation sites is 1. The number of esters is 1. The number of aromatic amines is 1. The van der Waals surface area contributed by atoms with Crippen molar-refractivity contribution in [2.24, 2.45) is 0 Å². The van der Waals surface area contributed by atoms with E-state index >= 15 is 0 Å². The molecule has 3 aromatic heterocycles. The second kappa shape index (κ2) is 8.07. The van der Waals surface area contributed by atoms with Gasteiger partial charge in [0, 0.05) is 11.6 Å². The van der Waals surface area contributed by atoms with Crippen molar-refractivity contribution in [2.75, 3.05) is 6.61 Å². The van der Waals surface area contributed by atoms with Gasteiger partial charge in [-0.05, 0) is 66.8 Å². The van der Waals surface area contributed by atoms with Crippen LogP contribution in [0.3, 0.4) is 0 Å². The van der Waals surface area contributed by atoms with Gasteiger partial charge in [0.15, 0.2) is 6.61 Å². The lowest BCUT2D eigenvalue weighted by atomic mass is 9.86. The number of ether oxygens (including phenoxy) is 1. The van der Waals surface area contributed by atoms with E-state index in [-0.39, 0.29) is 12.4 Å². The molecule has 1 aromatic carbocycles. The van der Waals surface area contributed by atoms with Gasteiger partial charge in [-0.25, -0.2) is 9.78 Å². The Balaban J connectivity index is 1.55. The molecule has 5 rings (SSSR count). The second-order valence-corrected chi connectivity index (χ2v) is 7.45. The number of hydrogen-bond donors (Lipinski definition) is 1. The van der Waals surface area contributed by atoms with Gasteiger partial charge in [0.05, 0.1) is 28.7 Å². The first-order valence-corrected chi connectivity index (χ1v) is 10.2. The molecule has 1 aliphatic rings. The first-order chi connectivity index (χ1) is 15.2. The Kier molecular flexibility index (Phi) is 4.96. The van der Waals surface area contributed by atoms with Crippen LogP contribution >= 0.6 is 0 Å². The van der Waals surface area contributed by atoms with Crippen LogP contribution in [0.15, 0.2) is 65.4 Å². The van der Waals surface area contributed by atoms with Gasteiger partial charge < -0.3 is 14.1 Å². The number of benzene rings is 1. The molecule has 0 spiro atoms. The molecule has 154 valence electrons. The molecule has 0 radical (unpaired) electrons. The summed E-state index contributed by atoms with van der Waals surface area (Å²) in [5, 5.41) is 0.734. The van der Waals surface area contributed by atoms with E-state index in [0.717, 1.165) is 52.8 Å². The van der Waals surface area contributed by atoms with Crippen molar-refractivity contribution < 1.29 is 18.7 Å². The summed E-state index contributed by atoms with van der Waals surface area (Å²) in [7, 11) is 0. The maximum atomic E-state index is 13.2. The van der Waals surface area contributed by atoms with Crippen molar-refractivity contribution in [1.82, 2.24) is 9.97 Å². The highest BCUT2D eigenvalue weighted by molar-refractivity contribution is 6.07. The Morgan fingerprint density at radius 3 is 2.81 bits per heavy atom. The first-order valence-electron chi connectivity index (χ1n) is 10.2. The molecule has 0 bridgehead atoms. The third-order valence-corrected chi connectivity index (χ3v) is 5.47.